The normalized spacial score (nSPS) is 10.2. The smallest absolute Gasteiger partial charge is 0.277 e. The molecule has 0 aliphatic rings. The Hall–Kier alpha value is -2.94. The molecular weight excluding hydrogens is 344 g/mol. The Morgan fingerprint density at radius 1 is 1.40 bits per heavy atom. The van der Waals surface area contributed by atoms with Crippen LogP contribution < -0.4 is 26.1 Å². The molecule has 0 aliphatic carbocycles. The minimum Gasteiger partial charge on any atom is -0.493 e. The molecule has 25 heavy (non-hydrogen) atoms. The van der Waals surface area contributed by atoms with E-state index in [4.69, 9.17) is 15.2 Å². The Bertz CT molecular complexity index is 851. The van der Waals surface area contributed by atoms with Gasteiger partial charge >= 0.3 is 0 Å². The predicted molar refractivity (Wildman–Crippen MR) is 97.7 cm³/mol. The molecule has 1 aromatic heterocycles. The van der Waals surface area contributed by atoms with Crippen molar-refractivity contribution in [1.29, 1.82) is 0 Å². The van der Waals surface area contributed by atoms with Gasteiger partial charge in [0.2, 0.25) is 0 Å². The SMILES string of the molecule is C=CCSc1nc(N)c(NC(=O)c2ccc(OC)c(OC)c2)c(=O)[nH]1. The Morgan fingerprint density at radius 2 is 2.12 bits per heavy atom. The molecule has 2 aromatic rings. The van der Waals surface area contributed by atoms with E-state index in [0.29, 0.717) is 22.4 Å². The number of benzene rings is 1. The molecule has 0 atom stereocenters. The fraction of sp³-hybridized carbons (Fsp3) is 0.188. The minimum atomic E-state index is -0.534. The molecule has 132 valence electrons. The number of ether oxygens (including phenoxy) is 2. The number of nitrogens with zero attached hydrogens (tertiary/aromatic N) is 1. The first-order valence-corrected chi connectivity index (χ1v) is 8.15. The highest BCUT2D eigenvalue weighted by atomic mass is 32.2. The van der Waals surface area contributed by atoms with Gasteiger partial charge in [-0.25, -0.2) is 4.98 Å². The summed E-state index contributed by atoms with van der Waals surface area (Å²) >= 11 is 1.27. The van der Waals surface area contributed by atoms with Gasteiger partial charge in [0, 0.05) is 11.3 Å². The number of methoxy groups -OCH3 is 2. The van der Waals surface area contributed by atoms with Gasteiger partial charge in [-0.05, 0) is 18.2 Å². The molecule has 0 bridgehead atoms. The Kier molecular flexibility index (Phi) is 6.07. The summed E-state index contributed by atoms with van der Waals surface area (Å²) in [7, 11) is 2.96. The van der Waals surface area contributed by atoms with Gasteiger partial charge in [0.05, 0.1) is 14.2 Å². The number of thioether (sulfide) groups is 1. The number of aromatic amines is 1. The average Bonchev–Trinajstić information content (AvgIpc) is 2.62. The zero-order valence-electron chi connectivity index (χ0n) is 13.8. The monoisotopic (exact) mass is 362 g/mol. The topological polar surface area (TPSA) is 119 Å². The third-order valence-electron chi connectivity index (χ3n) is 3.15. The van der Waals surface area contributed by atoms with E-state index in [9.17, 15) is 9.59 Å². The number of nitrogens with one attached hydrogen (secondary N) is 2. The van der Waals surface area contributed by atoms with Crippen molar-refractivity contribution in [2.75, 3.05) is 31.0 Å². The van der Waals surface area contributed by atoms with Crippen LogP contribution in [0.4, 0.5) is 11.5 Å². The summed E-state index contributed by atoms with van der Waals surface area (Å²) < 4.78 is 10.3. The highest BCUT2D eigenvalue weighted by Crippen LogP contribution is 2.28. The second-order valence-electron chi connectivity index (χ2n) is 4.75. The van der Waals surface area contributed by atoms with Crippen LogP contribution in [-0.2, 0) is 0 Å². The standard InChI is InChI=1S/C16H18N4O4S/c1-4-7-25-16-19-13(17)12(15(22)20-16)18-14(21)9-5-6-10(23-2)11(8-9)24-3/h4-6,8H,1,7H2,2-3H3,(H,18,21)(H3,17,19,20,22). The van der Waals surface area contributed by atoms with E-state index < -0.39 is 11.5 Å². The van der Waals surface area contributed by atoms with Crippen LogP contribution in [0, 0.1) is 0 Å². The first-order chi connectivity index (χ1) is 12.0. The van der Waals surface area contributed by atoms with Gasteiger partial charge in [0.15, 0.2) is 22.5 Å². The highest BCUT2D eigenvalue weighted by molar-refractivity contribution is 7.99. The molecule has 1 amide bonds. The molecule has 1 aromatic carbocycles. The van der Waals surface area contributed by atoms with Crippen LogP contribution >= 0.6 is 11.8 Å². The molecule has 9 heteroatoms. The van der Waals surface area contributed by atoms with Crippen molar-refractivity contribution in [2.24, 2.45) is 0 Å². The lowest BCUT2D eigenvalue weighted by Crippen LogP contribution is -2.23. The van der Waals surface area contributed by atoms with Gasteiger partial charge in [-0.3, -0.25) is 14.6 Å². The highest BCUT2D eigenvalue weighted by Gasteiger charge is 2.15. The van der Waals surface area contributed by atoms with Crippen molar-refractivity contribution < 1.29 is 14.3 Å². The maximum Gasteiger partial charge on any atom is 0.277 e. The van der Waals surface area contributed by atoms with Crippen LogP contribution in [0.2, 0.25) is 0 Å². The average molecular weight is 362 g/mol. The summed E-state index contributed by atoms with van der Waals surface area (Å²) in [4.78, 5) is 31.1. The second-order valence-corrected chi connectivity index (χ2v) is 5.76. The first kappa shape index (κ1) is 18.4. The fourth-order valence-corrected chi connectivity index (χ4v) is 2.56. The summed E-state index contributed by atoms with van der Waals surface area (Å²) in [5.41, 5.74) is 5.43. The van der Waals surface area contributed by atoms with Crippen molar-refractivity contribution >= 4 is 29.2 Å². The van der Waals surface area contributed by atoms with Gasteiger partial charge in [-0.2, -0.15) is 0 Å². The lowest BCUT2D eigenvalue weighted by atomic mass is 10.2. The first-order valence-electron chi connectivity index (χ1n) is 7.17. The molecule has 2 rings (SSSR count). The number of aromatic nitrogens is 2. The van der Waals surface area contributed by atoms with Gasteiger partial charge in [-0.15, -0.1) is 6.58 Å². The number of carbonyl (C=O) groups excluding carboxylic acids is 1. The zero-order valence-corrected chi connectivity index (χ0v) is 14.6. The molecule has 0 aliphatic heterocycles. The summed E-state index contributed by atoms with van der Waals surface area (Å²) in [6.07, 6.45) is 1.67. The Labute approximate surface area is 148 Å². The van der Waals surface area contributed by atoms with E-state index in [-0.39, 0.29) is 17.1 Å². The van der Waals surface area contributed by atoms with E-state index in [2.05, 4.69) is 21.9 Å². The van der Waals surface area contributed by atoms with Crippen LogP contribution in [0.25, 0.3) is 0 Å². The van der Waals surface area contributed by atoms with Crippen LogP contribution in [0.3, 0.4) is 0 Å². The van der Waals surface area contributed by atoms with E-state index in [1.54, 1.807) is 18.2 Å². The maximum absolute atomic E-state index is 12.4. The largest absolute Gasteiger partial charge is 0.493 e. The van der Waals surface area contributed by atoms with Crippen LogP contribution in [0.15, 0.2) is 40.8 Å². The number of anilines is 2. The van der Waals surface area contributed by atoms with Crippen LogP contribution in [-0.4, -0.2) is 35.8 Å². The number of amides is 1. The molecular formula is C16H18N4O4S. The van der Waals surface area contributed by atoms with E-state index in [1.165, 1.54) is 32.0 Å². The lowest BCUT2D eigenvalue weighted by molar-refractivity contribution is 0.102. The van der Waals surface area contributed by atoms with Crippen molar-refractivity contribution in [3.05, 3.63) is 46.8 Å². The quantitative estimate of drug-likeness (QED) is 0.391. The molecule has 0 saturated heterocycles. The molecule has 0 spiro atoms. The third-order valence-corrected chi connectivity index (χ3v) is 4.02. The lowest BCUT2D eigenvalue weighted by Gasteiger charge is -2.11. The Morgan fingerprint density at radius 3 is 2.72 bits per heavy atom. The molecule has 0 radical (unpaired) electrons. The molecule has 0 saturated carbocycles. The number of H-pyrrole nitrogens is 1. The molecule has 0 unspecified atom stereocenters. The number of rotatable bonds is 7. The predicted octanol–water partition coefficient (Wildman–Crippen LogP) is 1.90. The summed E-state index contributed by atoms with van der Waals surface area (Å²) in [6, 6.07) is 4.64. The number of hydrogen-bond donors (Lipinski definition) is 3. The molecule has 0 fully saturated rings. The molecule has 8 nitrogen and oxygen atoms in total. The molecule has 4 N–H and O–H groups in total. The van der Waals surface area contributed by atoms with Gasteiger partial charge < -0.3 is 20.5 Å². The minimum absolute atomic E-state index is 0.0656. The van der Waals surface area contributed by atoms with Crippen molar-refractivity contribution in [2.45, 2.75) is 5.16 Å². The number of nitrogen functional groups attached to an aromatic ring is 1. The Balaban J connectivity index is 2.26. The van der Waals surface area contributed by atoms with Crippen molar-refractivity contribution in [1.82, 2.24) is 9.97 Å². The second kappa shape index (κ2) is 8.25. The van der Waals surface area contributed by atoms with E-state index in [0.717, 1.165) is 0 Å². The van der Waals surface area contributed by atoms with Crippen LogP contribution in [0.1, 0.15) is 10.4 Å². The van der Waals surface area contributed by atoms with Crippen LogP contribution in [0.5, 0.6) is 11.5 Å². The molecule has 1 heterocycles. The number of nitrogens with two attached hydrogens (primary N) is 1. The van der Waals surface area contributed by atoms with E-state index in [1.807, 2.05) is 0 Å². The van der Waals surface area contributed by atoms with E-state index >= 15 is 0 Å². The number of hydrogen-bond acceptors (Lipinski definition) is 7. The third kappa shape index (κ3) is 4.32. The van der Waals surface area contributed by atoms with Gasteiger partial charge in [-0.1, -0.05) is 17.8 Å². The number of carbonyl (C=O) groups is 1. The van der Waals surface area contributed by atoms with Gasteiger partial charge in [0.1, 0.15) is 5.69 Å². The van der Waals surface area contributed by atoms with Gasteiger partial charge in [0.25, 0.3) is 11.5 Å². The van der Waals surface area contributed by atoms with Crippen molar-refractivity contribution in [3.8, 4) is 11.5 Å². The summed E-state index contributed by atoms with van der Waals surface area (Å²) in [5.74, 6) is 0.864. The summed E-state index contributed by atoms with van der Waals surface area (Å²) in [6.45, 7) is 3.59. The van der Waals surface area contributed by atoms with Crippen molar-refractivity contribution in [3.63, 3.8) is 0 Å². The maximum atomic E-state index is 12.4. The summed E-state index contributed by atoms with van der Waals surface area (Å²) in [5, 5.41) is 2.82. The zero-order chi connectivity index (χ0) is 18.4. The fourth-order valence-electron chi connectivity index (χ4n) is 1.96.